The van der Waals surface area contributed by atoms with Crippen molar-refractivity contribution in [2.24, 2.45) is 0 Å². The SMILES string of the molecule is CCCCCCCCCCCCOc1ccc(-c2ccc(-c3ccc(-c4nc5c(=O)[nH]c(N)nc5n4CCCCCCCC)s3)s2)cc1OCCCCCCCCCCCC. The number of rotatable bonds is 34. The average molecular weight is 872 g/mol. The van der Waals surface area contributed by atoms with Crippen LogP contribution < -0.4 is 20.8 Å². The molecule has 0 saturated carbocycles. The number of nitrogens with one attached hydrogen (secondary N) is 1. The highest BCUT2D eigenvalue weighted by atomic mass is 32.1. The molecular formula is C51H77N5O3S2. The van der Waals surface area contributed by atoms with Crippen molar-refractivity contribution in [3.63, 3.8) is 0 Å². The van der Waals surface area contributed by atoms with E-state index in [-0.39, 0.29) is 11.5 Å². The lowest BCUT2D eigenvalue weighted by Crippen LogP contribution is -2.12. The molecule has 0 aliphatic heterocycles. The number of hydrogen-bond donors (Lipinski definition) is 2. The van der Waals surface area contributed by atoms with Crippen LogP contribution in [0.5, 0.6) is 11.5 Å². The Kier molecular flexibility index (Phi) is 22.3. The first kappa shape index (κ1) is 48.4. The van der Waals surface area contributed by atoms with Crippen LogP contribution in [0.1, 0.15) is 188 Å². The summed E-state index contributed by atoms with van der Waals surface area (Å²) in [6.45, 7) is 8.98. The lowest BCUT2D eigenvalue weighted by Gasteiger charge is -2.14. The number of aryl methyl sites for hydroxylation is 1. The Morgan fingerprint density at radius 3 is 1.56 bits per heavy atom. The molecule has 0 spiro atoms. The standard InChI is InChI=1S/C51H77N5O3S2/c1-4-7-10-13-16-18-20-22-25-28-37-58-41-31-30-40(39-42(41)59-38-29-26-23-21-19-17-14-11-8-5-2)43-32-33-44(60-43)45-34-35-46(61-45)48-53-47-49(54-51(52)55-50(47)57)56(48)36-27-24-15-12-9-6-3/h30-35,39H,4-29,36-38H2,1-3H3,(H3,52,54,55,57). The van der Waals surface area contributed by atoms with Crippen molar-refractivity contribution in [1.29, 1.82) is 0 Å². The molecule has 4 aromatic heterocycles. The maximum Gasteiger partial charge on any atom is 0.280 e. The summed E-state index contributed by atoms with van der Waals surface area (Å²) in [7, 11) is 0. The van der Waals surface area contributed by atoms with Crippen LogP contribution in [-0.4, -0.2) is 32.7 Å². The molecule has 0 aliphatic carbocycles. The second-order valence-corrected chi connectivity index (χ2v) is 19.2. The van der Waals surface area contributed by atoms with Gasteiger partial charge in [0.2, 0.25) is 5.95 Å². The molecule has 0 fully saturated rings. The molecule has 8 nitrogen and oxygen atoms in total. The van der Waals surface area contributed by atoms with Gasteiger partial charge in [0.05, 0.1) is 18.1 Å². The summed E-state index contributed by atoms with van der Waals surface area (Å²) in [6, 6.07) is 15.2. The number of imidazole rings is 1. The number of nitrogens with zero attached hydrogens (tertiary/aromatic N) is 3. The van der Waals surface area contributed by atoms with Crippen LogP contribution in [0.15, 0.2) is 47.3 Å². The third-order valence-electron chi connectivity index (χ3n) is 11.8. The summed E-state index contributed by atoms with van der Waals surface area (Å²) in [5.41, 5.74) is 7.74. The number of aromatic nitrogens is 4. The Balaban J connectivity index is 1.22. The van der Waals surface area contributed by atoms with Gasteiger partial charge in [0.15, 0.2) is 28.5 Å². The second kappa shape index (κ2) is 28.1. The van der Waals surface area contributed by atoms with Crippen LogP contribution in [0, 0.1) is 0 Å². The molecule has 0 bridgehead atoms. The van der Waals surface area contributed by atoms with Gasteiger partial charge < -0.3 is 19.8 Å². The topological polar surface area (TPSA) is 108 Å². The van der Waals surface area contributed by atoms with Crippen LogP contribution >= 0.6 is 22.7 Å². The van der Waals surface area contributed by atoms with Crippen molar-refractivity contribution < 1.29 is 9.47 Å². The van der Waals surface area contributed by atoms with Gasteiger partial charge in [-0.15, -0.1) is 22.7 Å². The van der Waals surface area contributed by atoms with Crippen LogP contribution in [-0.2, 0) is 6.54 Å². The second-order valence-electron chi connectivity index (χ2n) is 17.0. The average Bonchev–Trinajstić information content (AvgIpc) is 4.03. The molecule has 5 rings (SSSR count). The fourth-order valence-electron chi connectivity index (χ4n) is 8.13. The van der Waals surface area contributed by atoms with Gasteiger partial charge in [-0.05, 0) is 67.3 Å². The van der Waals surface area contributed by atoms with Gasteiger partial charge in [-0.25, -0.2) is 4.98 Å². The maximum atomic E-state index is 12.9. The number of H-pyrrole nitrogens is 1. The molecule has 10 heteroatoms. The first-order valence-corrected chi connectivity index (χ1v) is 26.0. The van der Waals surface area contributed by atoms with Gasteiger partial charge in [0.1, 0.15) is 0 Å². The zero-order chi connectivity index (χ0) is 42.9. The number of nitrogens with two attached hydrogens (primary N) is 1. The first-order chi connectivity index (χ1) is 30.0. The van der Waals surface area contributed by atoms with Crippen molar-refractivity contribution >= 4 is 39.8 Å². The van der Waals surface area contributed by atoms with E-state index in [9.17, 15) is 4.79 Å². The van der Waals surface area contributed by atoms with Gasteiger partial charge in [-0.3, -0.25) is 9.78 Å². The van der Waals surface area contributed by atoms with E-state index >= 15 is 0 Å². The molecule has 3 N–H and O–H groups in total. The third kappa shape index (κ3) is 16.2. The van der Waals surface area contributed by atoms with E-state index < -0.39 is 0 Å². The number of nitrogen functional groups attached to an aromatic ring is 1. The highest BCUT2D eigenvalue weighted by Gasteiger charge is 2.20. The number of thiophene rings is 2. The lowest BCUT2D eigenvalue weighted by molar-refractivity contribution is 0.258. The van der Waals surface area contributed by atoms with Crippen molar-refractivity contribution in [2.75, 3.05) is 18.9 Å². The van der Waals surface area contributed by atoms with E-state index in [0.29, 0.717) is 17.8 Å². The Morgan fingerprint density at radius 1 is 0.541 bits per heavy atom. The quantitative estimate of drug-likeness (QED) is 0.0399. The highest BCUT2D eigenvalue weighted by Crippen LogP contribution is 2.42. The molecule has 0 aliphatic rings. The molecule has 0 radical (unpaired) electrons. The van der Waals surface area contributed by atoms with Gasteiger partial charge in [0.25, 0.3) is 5.56 Å². The van der Waals surface area contributed by atoms with Crippen molar-refractivity contribution in [3.8, 4) is 42.4 Å². The molecule has 0 amide bonds. The summed E-state index contributed by atoms with van der Waals surface area (Å²) < 4.78 is 15.0. The third-order valence-corrected chi connectivity index (χ3v) is 14.2. The maximum absolute atomic E-state index is 12.9. The van der Waals surface area contributed by atoms with Gasteiger partial charge in [-0.2, -0.15) is 4.98 Å². The number of anilines is 1. The lowest BCUT2D eigenvalue weighted by atomic mass is 10.1. The fraction of sp³-hybridized carbons (Fsp3) is 0.627. The van der Waals surface area contributed by atoms with E-state index in [1.54, 1.807) is 22.7 Å². The van der Waals surface area contributed by atoms with E-state index in [1.807, 2.05) is 0 Å². The Bertz CT molecular complexity index is 2010. The predicted molar refractivity (Wildman–Crippen MR) is 263 cm³/mol. The summed E-state index contributed by atoms with van der Waals surface area (Å²) in [6.07, 6.45) is 33.2. The number of benzene rings is 1. The largest absolute Gasteiger partial charge is 0.490 e. The van der Waals surface area contributed by atoms with E-state index in [1.165, 1.54) is 156 Å². The van der Waals surface area contributed by atoms with Crippen LogP contribution in [0.2, 0.25) is 0 Å². The minimum atomic E-state index is -0.299. The van der Waals surface area contributed by atoms with Crippen LogP contribution in [0.3, 0.4) is 0 Å². The normalized spacial score (nSPS) is 11.6. The minimum Gasteiger partial charge on any atom is -0.490 e. The van der Waals surface area contributed by atoms with Crippen LogP contribution in [0.25, 0.3) is 42.1 Å². The Morgan fingerprint density at radius 2 is 1.00 bits per heavy atom. The molecule has 4 heterocycles. The molecule has 61 heavy (non-hydrogen) atoms. The number of hydrogen-bond acceptors (Lipinski definition) is 8. The minimum absolute atomic E-state index is 0.118. The summed E-state index contributed by atoms with van der Waals surface area (Å²) in [4.78, 5) is 29.4. The molecule has 1 aromatic carbocycles. The Labute approximate surface area is 375 Å². The fourth-order valence-corrected chi connectivity index (χ4v) is 10.2. The van der Waals surface area contributed by atoms with Crippen LogP contribution in [0.4, 0.5) is 5.95 Å². The van der Waals surface area contributed by atoms with E-state index in [0.717, 1.165) is 66.6 Å². The molecule has 0 atom stereocenters. The molecule has 336 valence electrons. The number of unbranched alkanes of at least 4 members (excludes halogenated alkanes) is 23. The molecule has 0 saturated heterocycles. The zero-order valence-electron chi connectivity index (χ0n) is 38.0. The number of ether oxygens (including phenoxy) is 2. The van der Waals surface area contributed by atoms with Gasteiger partial charge in [-0.1, -0.05) is 168 Å². The zero-order valence-corrected chi connectivity index (χ0v) is 39.6. The molecular weight excluding hydrogens is 795 g/mol. The van der Waals surface area contributed by atoms with Crippen molar-refractivity contribution in [3.05, 3.63) is 52.8 Å². The summed E-state index contributed by atoms with van der Waals surface area (Å²) in [5.74, 6) is 2.60. The van der Waals surface area contributed by atoms with Gasteiger partial charge in [0, 0.05) is 21.2 Å². The first-order valence-electron chi connectivity index (χ1n) is 24.4. The number of fused-ring (bicyclic) bond motifs is 1. The molecule has 0 unspecified atom stereocenters. The van der Waals surface area contributed by atoms with E-state index in [2.05, 4.69) is 77.8 Å². The van der Waals surface area contributed by atoms with Crippen molar-refractivity contribution in [2.45, 2.75) is 194 Å². The van der Waals surface area contributed by atoms with Crippen molar-refractivity contribution in [1.82, 2.24) is 19.5 Å². The van der Waals surface area contributed by atoms with Gasteiger partial charge >= 0.3 is 0 Å². The highest BCUT2D eigenvalue weighted by molar-refractivity contribution is 7.25. The smallest absolute Gasteiger partial charge is 0.280 e. The summed E-state index contributed by atoms with van der Waals surface area (Å²) in [5, 5.41) is 0. The Hall–Kier alpha value is -3.63. The number of aromatic amines is 1. The molecule has 5 aromatic rings. The summed E-state index contributed by atoms with van der Waals surface area (Å²) >= 11 is 3.48. The monoisotopic (exact) mass is 872 g/mol. The predicted octanol–water partition coefficient (Wildman–Crippen LogP) is 15.8. The van der Waals surface area contributed by atoms with E-state index in [4.69, 9.17) is 20.2 Å².